The molecule has 1 aliphatic carbocycles. The van der Waals surface area contributed by atoms with Crippen molar-refractivity contribution in [1.82, 2.24) is 10.2 Å². The lowest BCUT2D eigenvalue weighted by Crippen LogP contribution is -2.08. The minimum Gasteiger partial charge on any atom is -0.448 e. The SMILES string of the molecule is Cc1ccc(-c2nnc([C@@H](C)OC(=O)c3cc4c(s3)CC[C@H](C)C4)o2)cc1. The van der Waals surface area contributed by atoms with E-state index in [9.17, 15) is 4.79 Å². The first-order chi connectivity index (χ1) is 13.0. The van der Waals surface area contributed by atoms with Crippen molar-refractivity contribution in [1.29, 1.82) is 0 Å². The van der Waals surface area contributed by atoms with Crippen molar-refractivity contribution >= 4 is 17.3 Å². The molecule has 27 heavy (non-hydrogen) atoms. The average molecular weight is 382 g/mol. The van der Waals surface area contributed by atoms with Crippen molar-refractivity contribution in [2.75, 3.05) is 0 Å². The Balaban J connectivity index is 1.45. The predicted molar refractivity (Wildman–Crippen MR) is 104 cm³/mol. The monoisotopic (exact) mass is 382 g/mol. The maximum Gasteiger partial charge on any atom is 0.349 e. The van der Waals surface area contributed by atoms with Crippen molar-refractivity contribution in [3.63, 3.8) is 0 Å². The van der Waals surface area contributed by atoms with Crippen molar-refractivity contribution in [2.45, 2.75) is 46.1 Å². The number of thiophene rings is 1. The zero-order valence-corrected chi connectivity index (χ0v) is 16.5. The molecule has 2 atom stereocenters. The van der Waals surface area contributed by atoms with Gasteiger partial charge in [0.2, 0.25) is 5.89 Å². The fourth-order valence-corrected chi connectivity index (χ4v) is 4.38. The van der Waals surface area contributed by atoms with Crippen LogP contribution in [0.3, 0.4) is 0 Å². The number of aromatic nitrogens is 2. The van der Waals surface area contributed by atoms with Crippen LogP contribution in [0.25, 0.3) is 11.5 Å². The minimum atomic E-state index is -0.595. The summed E-state index contributed by atoms with van der Waals surface area (Å²) in [6.45, 7) is 6.02. The highest BCUT2D eigenvalue weighted by Crippen LogP contribution is 2.33. The first-order valence-corrected chi connectivity index (χ1v) is 10.0. The molecule has 0 N–H and O–H groups in total. The number of hydrogen-bond acceptors (Lipinski definition) is 6. The summed E-state index contributed by atoms with van der Waals surface area (Å²) in [7, 11) is 0. The van der Waals surface area contributed by atoms with Crippen LogP contribution in [-0.4, -0.2) is 16.2 Å². The van der Waals surface area contributed by atoms with E-state index in [4.69, 9.17) is 9.15 Å². The molecule has 1 aromatic carbocycles. The molecule has 0 unspecified atom stereocenters. The molecule has 2 aromatic heterocycles. The van der Waals surface area contributed by atoms with E-state index in [1.807, 2.05) is 37.3 Å². The first kappa shape index (κ1) is 17.9. The number of carbonyl (C=O) groups is 1. The predicted octanol–water partition coefficient (Wildman–Crippen LogP) is 5.15. The molecule has 2 heterocycles. The summed E-state index contributed by atoms with van der Waals surface area (Å²) in [4.78, 5) is 14.5. The van der Waals surface area contributed by atoms with E-state index >= 15 is 0 Å². The van der Waals surface area contributed by atoms with Gasteiger partial charge in [-0.2, -0.15) is 0 Å². The second kappa shape index (κ2) is 7.27. The van der Waals surface area contributed by atoms with Crippen LogP contribution >= 0.6 is 11.3 Å². The molecule has 0 aliphatic heterocycles. The third kappa shape index (κ3) is 3.81. The van der Waals surface area contributed by atoms with Gasteiger partial charge in [0.05, 0.1) is 0 Å². The number of rotatable bonds is 4. The molecule has 5 nitrogen and oxygen atoms in total. The number of benzene rings is 1. The average Bonchev–Trinajstić information content (AvgIpc) is 3.29. The van der Waals surface area contributed by atoms with Crippen LogP contribution < -0.4 is 0 Å². The van der Waals surface area contributed by atoms with Gasteiger partial charge in [0.25, 0.3) is 5.89 Å². The molecule has 6 heteroatoms. The third-order valence-electron chi connectivity index (χ3n) is 4.90. The summed E-state index contributed by atoms with van der Waals surface area (Å²) >= 11 is 1.54. The van der Waals surface area contributed by atoms with E-state index in [0.29, 0.717) is 22.6 Å². The van der Waals surface area contributed by atoms with Gasteiger partial charge in [-0.25, -0.2) is 4.79 Å². The van der Waals surface area contributed by atoms with Gasteiger partial charge in [-0.3, -0.25) is 0 Å². The summed E-state index contributed by atoms with van der Waals surface area (Å²) in [6, 6.07) is 9.82. The molecule has 0 bridgehead atoms. The molecule has 0 saturated carbocycles. The van der Waals surface area contributed by atoms with Crippen molar-refractivity contribution < 1.29 is 13.9 Å². The molecule has 0 amide bonds. The normalized spacial score (nSPS) is 17.4. The molecule has 3 aromatic rings. The second-order valence-corrected chi connectivity index (χ2v) is 8.40. The smallest absolute Gasteiger partial charge is 0.349 e. The number of esters is 1. The molecule has 4 rings (SSSR count). The second-order valence-electron chi connectivity index (χ2n) is 7.27. The summed E-state index contributed by atoms with van der Waals surface area (Å²) in [5.41, 5.74) is 3.30. The van der Waals surface area contributed by atoms with Gasteiger partial charge in [-0.05, 0) is 62.8 Å². The van der Waals surface area contributed by atoms with Crippen LogP contribution in [0.1, 0.15) is 57.9 Å². The number of fused-ring (bicyclic) bond motifs is 1. The van der Waals surface area contributed by atoms with E-state index in [1.54, 1.807) is 18.3 Å². The van der Waals surface area contributed by atoms with Crippen LogP contribution in [0, 0.1) is 12.8 Å². The van der Waals surface area contributed by atoms with Crippen molar-refractivity contribution in [3.8, 4) is 11.5 Å². The Hall–Kier alpha value is -2.47. The number of hydrogen-bond donors (Lipinski definition) is 0. The Labute approximate surface area is 162 Å². The number of carbonyl (C=O) groups excluding carboxylic acids is 1. The van der Waals surface area contributed by atoms with E-state index < -0.39 is 6.10 Å². The van der Waals surface area contributed by atoms with Gasteiger partial charge in [-0.15, -0.1) is 21.5 Å². The van der Waals surface area contributed by atoms with E-state index in [-0.39, 0.29) is 5.97 Å². The Morgan fingerprint density at radius 1 is 1.30 bits per heavy atom. The highest BCUT2D eigenvalue weighted by Gasteiger charge is 2.24. The highest BCUT2D eigenvalue weighted by atomic mass is 32.1. The van der Waals surface area contributed by atoms with Crippen LogP contribution in [0.5, 0.6) is 0 Å². The van der Waals surface area contributed by atoms with Crippen LogP contribution in [0.4, 0.5) is 0 Å². The molecule has 140 valence electrons. The largest absolute Gasteiger partial charge is 0.448 e. The first-order valence-electron chi connectivity index (χ1n) is 9.22. The van der Waals surface area contributed by atoms with Gasteiger partial charge >= 0.3 is 5.97 Å². The molecular formula is C21H22N2O3S. The lowest BCUT2D eigenvalue weighted by Gasteiger charge is -2.16. The summed E-state index contributed by atoms with van der Waals surface area (Å²) < 4.78 is 11.3. The molecule has 0 spiro atoms. The highest BCUT2D eigenvalue weighted by molar-refractivity contribution is 7.14. The van der Waals surface area contributed by atoms with Gasteiger partial charge < -0.3 is 9.15 Å². The van der Waals surface area contributed by atoms with Gasteiger partial charge in [-0.1, -0.05) is 24.6 Å². The lowest BCUT2D eigenvalue weighted by molar-refractivity contribution is 0.0285. The molecular weight excluding hydrogens is 360 g/mol. The number of aryl methyl sites for hydroxylation is 2. The number of ether oxygens (including phenoxy) is 1. The molecule has 0 fully saturated rings. The zero-order chi connectivity index (χ0) is 19.0. The minimum absolute atomic E-state index is 0.300. The van der Waals surface area contributed by atoms with Crippen LogP contribution in [0.2, 0.25) is 0 Å². The van der Waals surface area contributed by atoms with E-state index in [2.05, 4.69) is 17.1 Å². The Morgan fingerprint density at radius 3 is 2.85 bits per heavy atom. The fraction of sp³-hybridized carbons (Fsp3) is 0.381. The van der Waals surface area contributed by atoms with Gasteiger partial charge in [0.1, 0.15) is 4.88 Å². The van der Waals surface area contributed by atoms with E-state index in [1.165, 1.54) is 16.9 Å². The Morgan fingerprint density at radius 2 is 2.07 bits per heavy atom. The Bertz CT molecular complexity index is 958. The fourth-order valence-electron chi connectivity index (χ4n) is 3.29. The molecule has 1 aliphatic rings. The van der Waals surface area contributed by atoms with E-state index in [0.717, 1.165) is 24.0 Å². The summed E-state index contributed by atoms with van der Waals surface area (Å²) in [5.74, 6) is 1.07. The summed E-state index contributed by atoms with van der Waals surface area (Å²) in [5, 5.41) is 8.12. The third-order valence-corrected chi connectivity index (χ3v) is 6.12. The maximum atomic E-state index is 12.5. The number of nitrogens with zero attached hydrogens (tertiary/aromatic N) is 2. The van der Waals surface area contributed by atoms with Gasteiger partial charge in [0.15, 0.2) is 6.10 Å². The van der Waals surface area contributed by atoms with Crippen LogP contribution in [-0.2, 0) is 17.6 Å². The van der Waals surface area contributed by atoms with Crippen molar-refractivity contribution in [3.05, 3.63) is 57.1 Å². The standard InChI is InChI=1S/C21H22N2O3S/c1-12-4-7-15(8-5-12)20-23-22-19(26-20)14(3)25-21(24)18-11-16-10-13(2)6-9-17(16)27-18/h4-5,7-8,11,13-14H,6,9-10H2,1-3H3/t13-,14+/m0/s1. The quantitative estimate of drug-likeness (QED) is 0.584. The topological polar surface area (TPSA) is 65.2 Å². The lowest BCUT2D eigenvalue weighted by atomic mass is 9.90. The molecule has 0 saturated heterocycles. The molecule has 0 radical (unpaired) electrons. The summed E-state index contributed by atoms with van der Waals surface area (Å²) in [6.07, 6.45) is 2.68. The maximum absolute atomic E-state index is 12.5. The van der Waals surface area contributed by atoms with Crippen molar-refractivity contribution in [2.24, 2.45) is 5.92 Å². The van der Waals surface area contributed by atoms with Crippen LogP contribution in [0.15, 0.2) is 34.7 Å². The zero-order valence-electron chi connectivity index (χ0n) is 15.7. The Kier molecular flexibility index (Phi) is 4.83. The van der Waals surface area contributed by atoms with Gasteiger partial charge in [0, 0.05) is 10.4 Å².